The van der Waals surface area contributed by atoms with Crippen molar-refractivity contribution in [3.63, 3.8) is 0 Å². The van der Waals surface area contributed by atoms with E-state index in [9.17, 15) is 9.59 Å². The lowest BCUT2D eigenvalue weighted by atomic mass is 9.95. The van der Waals surface area contributed by atoms with E-state index in [4.69, 9.17) is 0 Å². The highest BCUT2D eigenvalue weighted by Gasteiger charge is 2.25. The largest absolute Gasteiger partial charge is 0.371 e. The van der Waals surface area contributed by atoms with Crippen molar-refractivity contribution in [2.75, 3.05) is 19.6 Å². The van der Waals surface area contributed by atoms with Crippen LogP contribution in [0.25, 0.3) is 0 Å². The fourth-order valence-electron chi connectivity index (χ4n) is 3.33. The van der Waals surface area contributed by atoms with Crippen LogP contribution >= 0.6 is 0 Å². The van der Waals surface area contributed by atoms with Gasteiger partial charge in [0.25, 0.3) is 0 Å². The first-order valence-corrected chi connectivity index (χ1v) is 10.9. The van der Waals surface area contributed by atoms with E-state index in [2.05, 4.69) is 38.8 Å². The van der Waals surface area contributed by atoms with Gasteiger partial charge in [0.1, 0.15) is 0 Å². The lowest BCUT2D eigenvalue weighted by Gasteiger charge is -2.36. The second kappa shape index (κ2) is 12.8. The van der Waals surface area contributed by atoms with Crippen molar-refractivity contribution < 1.29 is 9.59 Å². The Morgan fingerprint density at radius 1 is 1.21 bits per heavy atom. The number of carbonyl (C=O) groups is 2. The Hall–Kier alpha value is -1.58. The molecule has 0 N–H and O–H groups in total. The van der Waals surface area contributed by atoms with E-state index in [1.807, 2.05) is 20.8 Å². The first-order valence-electron chi connectivity index (χ1n) is 10.9. The van der Waals surface area contributed by atoms with E-state index in [-0.39, 0.29) is 23.7 Å². The van der Waals surface area contributed by atoms with Crippen LogP contribution in [0.2, 0.25) is 0 Å². The molecule has 1 aliphatic rings. The van der Waals surface area contributed by atoms with Gasteiger partial charge in [-0.15, -0.1) is 0 Å². The molecule has 1 aliphatic heterocycles. The number of rotatable bonds is 8. The summed E-state index contributed by atoms with van der Waals surface area (Å²) in [6.45, 7) is 27.0. The lowest BCUT2D eigenvalue weighted by Crippen LogP contribution is -2.45. The van der Waals surface area contributed by atoms with E-state index in [1.165, 1.54) is 24.6 Å². The van der Waals surface area contributed by atoms with Crippen LogP contribution in [-0.4, -0.2) is 47.2 Å². The summed E-state index contributed by atoms with van der Waals surface area (Å²) in [6, 6.07) is -0.286. The van der Waals surface area contributed by atoms with Crippen LogP contribution in [0.3, 0.4) is 0 Å². The standard InChI is InChI=1S/C12H23NO2.C12H21N/c1-6-8-13(10(4)11(5)14)12(15)9(3)7-2;1-9(2)12(5)13-7-10(3)6-11(4)8-13/h9-10H,6-8H2,1-5H3;9,11H,3,5-8H2,1-2,4H3. The lowest BCUT2D eigenvalue weighted by molar-refractivity contribution is -0.141. The van der Waals surface area contributed by atoms with Gasteiger partial charge in [0.2, 0.25) is 5.91 Å². The molecule has 0 radical (unpaired) electrons. The Morgan fingerprint density at radius 3 is 2.18 bits per heavy atom. The predicted molar refractivity (Wildman–Crippen MR) is 120 cm³/mol. The van der Waals surface area contributed by atoms with Crippen molar-refractivity contribution in [1.82, 2.24) is 9.80 Å². The van der Waals surface area contributed by atoms with E-state index in [0.717, 1.165) is 31.8 Å². The average molecular weight is 393 g/mol. The van der Waals surface area contributed by atoms with E-state index >= 15 is 0 Å². The third-order valence-electron chi connectivity index (χ3n) is 5.49. The quantitative estimate of drug-likeness (QED) is 0.526. The number of nitrogens with zero attached hydrogens (tertiary/aromatic N) is 2. The molecule has 0 spiro atoms. The number of ketones is 1. The second-order valence-electron chi connectivity index (χ2n) is 8.71. The topological polar surface area (TPSA) is 40.6 Å². The van der Waals surface area contributed by atoms with Crippen LogP contribution in [0, 0.1) is 17.8 Å². The molecule has 3 unspecified atom stereocenters. The van der Waals surface area contributed by atoms with Crippen LogP contribution < -0.4 is 0 Å². The highest BCUT2D eigenvalue weighted by molar-refractivity contribution is 5.87. The first-order chi connectivity index (χ1) is 13.0. The number of likely N-dealkylation sites (tertiary alicyclic amines) is 1. The van der Waals surface area contributed by atoms with Crippen molar-refractivity contribution in [2.24, 2.45) is 17.8 Å². The Morgan fingerprint density at radius 2 is 1.79 bits per heavy atom. The van der Waals surface area contributed by atoms with Gasteiger partial charge < -0.3 is 9.80 Å². The van der Waals surface area contributed by atoms with Gasteiger partial charge in [0.15, 0.2) is 5.78 Å². The minimum atomic E-state index is -0.286. The molecule has 3 atom stereocenters. The van der Waals surface area contributed by atoms with E-state index in [1.54, 1.807) is 11.8 Å². The molecule has 1 fully saturated rings. The van der Waals surface area contributed by atoms with Crippen molar-refractivity contribution in [2.45, 2.75) is 80.7 Å². The van der Waals surface area contributed by atoms with Gasteiger partial charge in [0.05, 0.1) is 6.04 Å². The number of hydrogen-bond acceptors (Lipinski definition) is 3. The third kappa shape index (κ3) is 8.62. The molecule has 0 saturated carbocycles. The molecular weight excluding hydrogens is 348 g/mol. The molecule has 1 rings (SSSR count). The maximum absolute atomic E-state index is 12.0. The van der Waals surface area contributed by atoms with Gasteiger partial charge in [-0.3, -0.25) is 9.59 Å². The van der Waals surface area contributed by atoms with Gasteiger partial charge in [0, 0.05) is 31.2 Å². The Bertz CT molecular complexity index is 539. The number of carbonyl (C=O) groups excluding carboxylic acids is 2. The minimum absolute atomic E-state index is 0.0124. The zero-order chi connectivity index (χ0) is 22.0. The summed E-state index contributed by atoms with van der Waals surface area (Å²) in [6.07, 6.45) is 2.89. The number of piperidine rings is 1. The SMILES string of the molecule is C=C1CC(C)CN(C(=C)C(C)C)C1.CCCN(C(=O)C(C)CC)C(C)C(C)=O. The van der Waals surface area contributed by atoms with Crippen LogP contribution in [-0.2, 0) is 9.59 Å². The fourth-order valence-corrected chi connectivity index (χ4v) is 3.33. The predicted octanol–water partition coefficient (Wildman–Crippen LogP) is 5.30. The Balaban J connectivity index is 0.000000525. The molecule has 162 valence electrons. The zero-order valence-electron chi connectivity index (χ0n) is 19.7. The molecule has 0 bridgehead atoms. The average Bonchev–Trinajstić information content (AvgIpc) is 2.63. The second-order valence-corrected chi connectivity index (χ2v) is 8.71. The molecule has 0 aromatic rings. The van der Waals surface area contributed by atoms with Gasteiger partial charge >= 0.3 is 0 Å². The number of allylic oxidation sites excluding steroid dienone is 1. The van der Waals surface area contributed by atoms with Crippen molar-refractivity contribution in [3.05, 3.63) is 24.4 Å². The molecule has 1 amide bonds. The maximum Gasteiger partial charge on any atom is 0.225 e. The Labute approximate surface area is 174 Å². The van der Waals surface area contributed by atoms with Crippen LogP contribution in [0.5, 0.6) is 0 Å². The minimum Gasteiger partial charge on any atom is -0.371 e. The fraction of sp³-hybridized carbons (Fsp3) is 0.750. The molecule has 4 heteroatoms. The summed E-state index contributed by atoms with van der Waals surface area (Å²) in [5.41, 5.74) is 2.60. The zero-order valence-corrected chi connectivity index (χ0v) is 19.7. The molecule has 1 heterocycles. The highest BCUT2D eigenvalue weighted by Crippen LogP contribution is 2.24. The van der Waals surface area contributed by atoms with E-state index < -0.39 is 0 Å². The monoisotopic (exact) mass is 392 g/mol. The summed E-state index contributed by atoms with van der Waals surface area (Å²) < 4.78 is 0. The normalized spacial score (nSPS) is 18.8. The van der Waals surface area contributed by atoms with Gasteiger partial charge in [-0.05, 0) is 44.9 Å². The molecule has 4 nitrogen and oxygen atoms in total. The van der Waals surface area contributed by atoms with Gasteiger partial charge in [-0.1, -0.05) is 60.3 Å². The number of Topliss-reactive ketones (excluding diaryl/α,β-unsaturated/α-hetero) is 1. The van der Waals surface area contributed by atoms with E-state index in [0.29, 0.717) is 12.5 Å². The molecule has 1 saturated heterocycles. The maximum atomic E-state index is 12.0. The number of hydrogen-bond donors (Lipinski definition) is 0. The Kier molecular flexibility index (Phi) is 12.1. The summed E-state index contributed by atoms with van der Waals surface area (Å²) in [5, 5.41) is 0. The summed E-state index contributed by atoms with van der Waals surface area (Å²) in [5.74, 6) is 1.45. The summed E-state index contributed by atoms with van der Waals surface area (Å²) in [7, 11) is 0. The number of amides is 1. The molecule has 28 heavy (non-hydrogen) atoms. The van der Waals surface area contributed by atoms with Crippen molar-refractivity contribution in [3.8, 4) is 0 Å². The molecular formula is C24H44N2O2. The van der Waals surface area contributed by atoms with Crippen molar-refractivity contribution >= 4 is 11.7 Å². The van der Waals surface area contributed by atoms with Crippen LogP contribution in [0.1, 0.15) is 74.7 Å². The first kappa shape index (κ1) is 26.4. The smallest absolute Gasteiger partial charge is 0.225 e. The van der Waals surface area contributed by atoms with Crippen molar-refractivity contribution in [1.29, 1.82) is 0 Å². The molecule has 0 aliphatic carbocycles. The molecule has 0 aromatic heterocycles. The highest BCUT2D eigenvalue weighted by atomic mass is 16.2. The van der Waals surface area contributed by atoms with Crippen LogP contribution in [0.4, 0.5) is 0 Å². The summed E-state index contributed by atoms with van der Waals surface area (Å²) in [4.78, 5) is 27.3. The molecule has 0 aromatic carbocycles. The van der Waals surface area contributed by atoms with Gasteiger partial charge in [-0.25, -0.2) is 0 Å². The van der Waals surface area contributed by atoms with Gasteiger partial charge in [-0.2, -0.15) is 0 Å². The summed E-state index contributed by atoms with van der Waals surface area (Å²) >= 11 is 0. The third-order valence-corrected chi connectivity index (χ3v) is 5.49. The van der Waals surface area contributed by atoms with Crippen LogP contribution in [0.15, 0.2) is 24.4 Å².